The molecule has 1 aliphatic rings. The second-order valence-electron chi connectivity index (χ2n) is 14.9. The van der Waals surface area contributed by atoms with Crippen LogP contribution in [0.1, 0.15) is 0 Å². The third-order valence-corrected chi connectivity index (χ3v) is 12.0. The van der Waals surface area contributed by atoms with Crippen molar-refractivity contribution in [2.45, 2.75) is 0 Å². The minimum absolute atomic E-state index is 0.644. The van der Waals surface area contributed by atoms with Crippen LogP contribution in [-0.4, -0.2) is 24.5 Å². The summed E-state index contributed by atoms with van der Waals surface area (Å²) in [5, 5.41) is 12.9. The summed E-state index contributed by atoms with van der Waals surface area (Å²) in [6, 6.07) is 62.7. The fourth-order valence-corrected chi connectivity index (χ4v) is 9.47. The van der Waals surface area contributed by atoms with E-state index >= 15 is 0 Å². The summed E-state index contributed by atoms with van der Waals surface area (Å²) in [7, 11) is 0. The quantitative estimate of drug-likeness (QED) is 0.170. The van der Waals surface area contributed by atoms with Gasteiger partial charge < -0.3 is 4.57 Å². The van der Waals surface area contributed by atoms with Gasteiger partial charge in [0.2, 0.25) is 0 Å². The van der Waals surface area contributed by atoms with Crippen molar-refractivity contribution in [3.63, 3.8) is 0 Å². The van der Waals surface area contributed by atoms with Gasteiger partial charge in [-0.25, -0.2) is 19.9 Å². The van der Waals surface area contributed by atoms with Gasteiger partial charge in [0, 0.05) is 38.4 Å². The monoisotopic (exact) mass is 723 g/mol. The van der Waals surface area contributed by atoms with Gasteiger partial charge in [0.25, 0.3) is 0 Å². The lowest BCUT2D eigenvalue weighted by Crippen LogP contribution is -2.00. The molecule has 0 amide bonds. The molecule has 0 saturated heterocycles. The van der Waals surface area contributed by atoms with Crippen LogP contribution in [0.4, 0.5) is 0 Å². The van der Waals surface area contributed by atoms with Crippen LogP contribution < -0.4 is 0 Å². The highest BCUT2D eigenvalue weighted by atomic mass is 15.0. The largest absolute Gasteiger partial charge is 0.309 e. The van der Waals surface area contributed by atoms with E-state index in [1.165, 1.54) is 54.1 Å². The molecular weight excluding hydrogens is 695 g/mol. The molecule has 0 unspecified atom stereocenters. The fourth-order valence-electron chi connectivity index (χ4n) is 9.47. The minimum Gasteiger partial charge on any atom is -0.309 e. The highest BCUT2D eigenvalue weighted by Crippen LogP contribution is 2.47. The second-order valence-corrected chi connectivity index (χ2v) is 14.9. The van der Waals surface area contributed by atoms with Gasteiger partial charge in [-0.2, -0.15) is 0 Å². The lowest BCUT2D eigenvalue weighted by atomic mass is 9.93. The summed E-state index contributed by atoms with van der Waals surface area (Å²) in [5.74, 6) is 1.29. The van der Waals surface area contributed by atoms with E-state index in [1.807, 2.05) is 0 Å². The predicted molar refractivity (Wildman–Crippen MR) is 235 cm³/mol. The molecule has 5 nitrogen and oxygen atoms in total. The summed E-state index contributed by atoms with van der Waals surface area (Å²) in [4.78, 5) is 21.2. The molecule has 0 atom stereocenters. The first kappa shape index (κ1) is 30.6. The summed E-state index contributed by atoms with van der Waals surface area (Å²) >= 11 is 0. The SMILES string of the molecule is c1ccc2c(c1)-c1nc(-c3ccc4c5ccccc5c5ccccc5c4c3)nc3nc(-c4ccc(-n5c6ccccc6c6ccccc65)c5ccccc45)nc-2c13. The van der Waals surface area contributed by atoms with Crippen molar-refractivity contribution in [1.82, 2.24) is 24.5 Å². The number of fused-ring (bicyclic) bond motifs is 13. The number of nitrogens with zero attached hydrogens (tertiary/aromatic N) is 5. The Morgan fingerprint density at radius 3 is 1.42 bits per heavy atom. The Kier molecular flexibility index (Phi) is 6.10. The summed E-state index contributed by atoms with van der Waals surface area (Å²) in [6.07, 6.45) is 0. The number of hydrogen-bond donors (Lipinski definition) is 0. The van der Waals surface area contributed by atoms with E-state index in [1.54, 1.807) is 0 Å². The molecule has 13 rings (SSSR count). The van der Waals surface area contributed by atoms with Crippen molar-refractivity contribution < 1.29 is 0 Å². The van der Waals surface area contributed by atoms with Crippen LogP contribution in [0.3, 0.4) is 0 Å². The number of para-hydroxylation sites is 2. The van der Waals surface area contributed by atoms with Crippen molar-refractivity contribution >= 4 is 75.9 Å². The van der Waals surface area contributed by atoms with Crippen molar-refractivity contribution in [2.75, 3.05) is 0 Å². The molecule has 1 aliphatic carbocycles. The second kappa shape index (κ2) is 11.4. The Morgan fingerprint density at radius 1 is 0.316 bits per heavy atom. The number of rotatable bonds is 3. The van der Waals surface area contributed by atoms with Crippen LogP contribution in [0.25, 0.3) is 127 Å². The maximum atomic E-state index is 5.33. The summed E-state index contributed by atoms with van der Waals surface area (Å²) < 4.78 is 2.38. The van der Waals surface area contributed by atoms with Crippen molar-refractivity contribution in [2.24, 2.45) is 0 Å². The summed E-state index contributed by atoms with van der Waals surface area (Å²) in [5.41, 5.74) is 9.88. The van der Waals surface area contributed by atoms with E-state index in [-0.39, 0.29) is 0 Å². The van der Waals surface area contributed by atoms with Crippen LogP contribution in [0, 0.1) is 0 Å². The molecule has 5 heteroatoms. The van der Waals surface area contributed by atoms with Gasteiger partial charge in [0.1, 0.15) is 0 Å². The molecule has 0 saturated carbocycles. The first-order valence-electron chi connectivity index (χ1n) is 19.3. The van der Waals surface area contributed by atoms with Crippen LogP contribution in [0.5, 0.6) is 0 Å². The first-order valence-corrected chi connectivity index (χ1v) is 19.3. The Morgan fingerprint density at radius 2 is 0.789 bits per heavy atom. The van der Waals surface area contributed by atoms with Crippen LogP contribution in [-0.2, 0) is 0 Å². The number of hydrogen-bond acceptors (Lipinski definition) is 4. The first-order chi connectivity index (χ1) is 28.3. The molecule has 3 aromatic heterocycles. The molecule has 0 radical (unpaired) electrons. The standard InChI is InChI=1S/C52H29N5/c1-2-15-33-31(13-1)32-14-3-4-16-34(32)43-29-30(25-26-36(33)43)50-53-48-40-21-7-8-22-41(40)49-47(48)52(55-50)56-51(54-49)42-27-28-46(37-18-6-5-17-35(37)42)57-44-23-11-9-19-38(44)39-20-10-12-24-45(39)57/h1-29H. The van der Waals surface area contributed by atoms with E-state index in [2.05, 4.69) is 180 Å². The maximum absolute atomic E-state index is 5.33. The normalized spacial score (nSPS) is 12.2. The van der Waals surface area contributed by atoms with Gasteiger partial charge in [-0.15, -0.1) is 0 Å². The molecule has 57 heavy (non-hydrogen) atoms. The molecule has 12 aromatic rings. The lowest BCUT2D eigenvalue weighted by molar-refractivity contribution is 1.16. The minimum atomic E-state index is 0.644. The van der Waals surface area contributed by atoms with Gasteiger partial charge in [0.15, 0.2) is 17.3 Å². The Hall–Kier alpha value is -7.76. The molecule has 9 aromatic carbocycles. The Labute approximate surface area is 326 Å². The van der Waals surface area contributed by atoms with Gasteiger partial charge in [0.05, 0.1) is 33.5 Å². The van der Waals surface area contributed by atoms with Crippen LogP contribution in [0.15, 0.2) is 176 Å². The van der Waals surface area contributed by atoms with Crippen molar-refractivity contribution in [1.29, 1.82) is 0 Å². The zero-order valence-corrected chi connectivity index (χ0v) is 30.5. The van der Waals surface area contributed by atoms with Crippen molar-refractivity contribution in [3.8, 4) is 51.0 Å². The maximum Gasteiger partial charge on any atom is 0.168 e. The predicted octanol–water partition coefficient (Wildman–Crippen LogP) is 13.1. The molecule has 0 bridgehead atoms. The Bertz CT molecular complexity index is 3620. The van der Waals surface area contributed by atoms with Crippen molar-refractivity contribution in [3.05, 3.63) is 176 Å². The summed E-state index contributed by atoms with van der Waals surface area (Å²) in [6.45, 7) is 0. The van der Waals surface area contributed by atoms with E-state index in [0.717, 1.165) is 55.5 Å². The molecule has 0 spiro atoms. The number of benzene rings is 9. The van der Waals surface area contributed by atoms with E-state index in [0.29, 0.717) is 17.3 Å². The van der Waals surface area contributed by atoms with Crippen LogP contribution >= 0.6 is 0 Å². The molecule has 262 valence electrons. The fraction of sp³-hybridized carbons (Fsp3) is 0. The van der Waals surface area contributed by atoms with E-state index in [4.69, 9.17) is 19.9 Å². The molecule has 0 aliphatic heterocycles. The highest BCUT2D eigenvalue weighted by Gasteiger charge is 2.28. The third kappa shape index (κ3) is 4.23. The molecule has 0 fully saturated rings. The zero-order valence-electron chi connectivity index (χ0n) is 30.5. The third-order valence-electron chi connectivity index (χ3n) is 12.0. The smallest absolute Gasteiger partial charge is 0.168 e. The molecule has 0 N–H and O–H groups in total. The van der Waals surface area contributed by atoms with E-state index < -0.39 is 0 Å². The van der Waals surface area contributed by atoms with Gasteiger partial charge in [-0.1, -0.05) is 146 Å². The highest BCUT2D eigenvalue weighted by molar-refractivity contribution is 6.26. The van der Waals surface area contributed by atoms with Gasteiger partial charge in [-0.05, 0) is 68.0 Å². The average Bonchev–Trinajstić information content (AvgIpc) is 3.79. The Balaban J connectivity index is 1.05. The lowest BCUT2D eigenvalue weighted by Gasteiger charge is -2.15. The van der Waals surface area contributed by atoms with Gasteiger partial charge in [-0.3, -0.25) is 0 Å². The van der Waals surface area contributed by atoms with Crippen LogP contribution in [0.2, 0.25) is 0 Å². The topological polar surface area (TPSA) is 56.5 Å². The number of aromatic nitrogens is 5. The van der Waals surface area contributed by atoms with E-state index in [9.17, 15) is 0 Å². The average molecular weight is 724 g/mol. The van der Waals surface area contributed by atoms with Gasteiger partial charge >= 0.3 is 0 Å². The molecular formula is C52H29N5. The zero-order chi connectivity index (χ0) is 37.2. The molecule has 3 heterocycles.